The number of amides is 1. The molecule has 2 N–H and O–H groups in total. The largest absolute Gasteiger partial charge is 0.379 e. The third-order valence-electron chi connectivity index (χ3n) is 7.43. The van der Waals surface area contributed by atoms with E-state index in [9.17, 15) is 9.59 Å². The number of carbonyl (C=O) groups is 2. The van der Waals surface area contributed by atoms with E-state index in [4.69, 9.17) is 37.9 Å². The van der Waals surface area contributed by atoms with Gasteiger partial charge in [0, 0.05) is 19.6 Å². The van der Waals surface area contributed by atoms with Gasteiger partial charge in [-0.1, -0.05) is 50.6 Å². The molecule has 13 nitrogen and oxygen atoms in total. The van der Waals surface area contributed by atoms with E-state index in [1.165, 1.54) is 11.1 Å². The molecule has 0 saturated carbocycles. The topological polar surface area (TPSA) is 135 Å². The standard InChI is InChI=1S/C32H56N2O9.C4H9NO.C2H6/c1-29-3-5-30(6-4-29)31-7-11-34(12-8-31)32(35)9-13-36-15-17-38-19-21-40-23-25-42-27-28-43-26-24-41-22-20-39-18-16-37-14-10-33-2;1-2-5-3-4-6;1-2/h3-6,31,33H,7-28H2,1-2H3;4-5H,2-3H2,1H3;1-2H3. The van der Waals surface area contributed by atoms with Gasteiger partial charge in [0.25, 0.3) is 0 Å². The maximum atomic E-state index is 12.5. The fourth-order valence-electron chi connectivity index (χ4n) is 4.64. The fraction of sp³-hybridized carbons (Fsp3) is 0.789. The molecule has 1 aromatic rings. The van der Waals surface area contributed by atoms with Gasteiger partial charge < -0.3 is 58.2 Å². The van der Waals surface area contributed by atoms with Crippen LogP contribution in [-0.2, 0) is 47.5 Å². The summed E-state index contributed by atoms with van der Waals surface area (Å²) in [7, 11) is 1.90. The summed E-state index contributed by atoms with van der Waals surface area (Å²) < 4.78 is 43.8. The molecule has 51 heavy (non-hydrogen) atoms. The molecule has 2 rings (SSSR count). The van der Waals surface area contributed by atoms with E-state index in [1.54, 1.807) is 0 Å². The molecule has 1 saturated heterocycles. The second-order valence-electron chi connectivity index (χ2n) is 11.3. The molecule has 1 aliphatic rings. The van der Waals surface area contributed by atoms with Gasteiger partial charge in [-0.05, 0) is 44.8 Å². The number of hydrogen-bond donors (Lipinski definition) is 2. The Morgan fingerprint density at radius 3 is 1.43 bits per heavy atom. The third kappa shape index (κ3) is 31.2. The molecule has 1 heterocycles. The Morgan fingerprint density at radius 2 is 1.08 bits per heavy atom. The molecule has 0 bridgehead atoms. The summed E-state index contributed by atoms with van der Waals surface area (Å²) in [5.41, 5.74) is 2.67. The molecule has 0 radical (unpaired) electrons. The number of ether oxygens (including phenoxy) is 8. The van der Waals surface area contributed by atoms with Crippen molar-refractivity contribution in [3.8, 4) is 0 Å². The quantitative estimate of drug-likeness (QED) is 0.0859. The first kappa shape index (κ1) is 49.0. The predicted molar refractivity (Wildman–Crippen MR) is 201 cm³/mol. The van der Waals surface area contributed by atoms with Gasteiger partial charge in [0.05, 0.1) is 119 Å². The molecule has 0 aromatic heterocycles. The number of aryl methyl sites for hydroxylation is 1. The van der Waals surface area contributed by atoms with Crippen molar-refractivity contribution in [2.75, 3.05) is 145 Å². The summed E-state index contributed by atoms with van der Waals surface area (Å²) >= 11 is 0. The highest BCUT2D eigenvalue weighted by Crippen LogP contribution is 2.28. The minimum Gasteiger partial charge on any atom is -0.379 e. The lowest BCUT2D eigenvalue weighted by atomic mass is 9.89. The van der Waals surface area contributed by atoms with Crippen LogP contribution in [0, 0.1) is 6.92 Å². The lowest BCUT2D eigenvalue weighted by molar-refractivity contribution is -0.133. The first-order chi connectivity index (χ1) is 25.1. The predicted octanol–water partition coefficient (Wildman–Crippen LogP) is 3.26. The maximum absolute atomic E-state index is 12.5. The summed E-state index contributed by atoms with van der Waals surface area (Å²) in [6.07, 6.45) is 3.31. The Balaban J connectivity index is 0.00000282. The summed E-state index contributed by atoms with van der Waals surface area (Å²) in [4.78, 5) is 24.0. The van der Waals surface area contributed by atoms with Crippen LogP contribution in [0.25, 0.3) is 0 Å². The smallest absolute Gasteiger partial charge is 0.224 e. The van der Waals surface area contributed by atoms with Gasteiger partial charge >= 0.3 is 0 Å². The molecule has 13 heteroatoms. The number of likely N-dealkylation sites (N-methyl/N-ethyl adjacent to an activating group) is 2. The van der Waals surface area contributed by atoms with Gasteiger partial charge in [0.15, 0.2) is 0 Å². The summed E-state index contributed by atoms with van der Waals surface area (Å²) in [6, 6.07) is 8.77. The molecular weight excluding hydrogens is 658 g/mol. The van der Waals surface area contributed by atoms with Crippen LogP contribution in [0.3, 0.4) is 0 Å². The van der Waals surface area contributed by atoms with Crippen LogP contribution in [0.5, 0.6) is 0 Å². The number of rotatable bonds is 31. The van der Waals surface area contributed by atoms with Crippen molar-refractivity contribution in [3.05, 3.63) is 35.4 Å². The molecule has 0 atom stereocenters. The third-order valence-corrected chi connectivity index (χ3v) is 7.43. The number of nitrogens with one attached hydrogen (secondary N) is 2. The minimum absolute atomic E-state index is 0.175. The Labute approximate surface area is 308 Å². The van der Waals surface area contributed by atoms with Crippen molar-refractivity contribution in [3.63, 3.8) is 0 Å². The Bertz CT molecular complexity index is 874. The van der Waals surface area contributed by atoms with Gasteiger partial charge in [0.2, 0.25) is 5.91 Å². The number of benzene rings is 1. The summed E-state index contributed by atoms with van der Waals surface area (Å²) in [5, 5.41) is 5.85. The van der Waals surface area contributed by atoms with E-state index in [0.29, 0.717) is 125 Å². The van der Waals surface area contributed by atoms with E-state index < -0.39 is 0 Å². The first-order valence-corrected chi connectivity index (χ1v) is 18.9. The van der Waals surface area contributed by atoms with Crippen LogP contribution < -0.4 is 10.6 Å². The lowest BCUT2D eigenvalue weighted by Gasteiger charge is -2.32. The molecule has 0 spiro atoms. The van der Waals surface area contributed by atoms with Crippen LogP contribution in [0.1, 0.15) is 57.1 Å². The Morgan fingerprint density at radius 1 is 0.686 bits per heavy atom. The number of hydrogen-bond acceptors (Lipinski definition) is 12. The molecule has 0 aliphatic carbocycles. The molecule has 1 aromatic carbocycles. The van der Waals surface area contributed by atoms with Gasteiger partial charge in [-0.2, -0.15) is 0 Å². The summed E-state index contributed by atoms with van der Waals surface area (Å²) in [6.45, 7) is 20.4. The first-order valence-electron chi connectivity index (χ1n) is 18.9. The van der Waals surface area contributed by atoms with Crippen molar-refractivity contribution in [2.45, 2.75) is 52.9 Å². The molecule has 298 valence electrons. The maximum Gasteiger partial charge on any atom is 0.224 e. The number of likely N-dealkylation sites (tertiary alicyclic amines) is 1. The Kier molecular flexibility index (Phi) is 37.6. The van der Waals surface area contributed by atoms with Crippen molar-refractivity contribution < 1.29 is 47.5 Å². The zero-order valence-electron chi connectivity index (χ0n) is 32.5. The van der Waals surface area contributed by atoms with E-state index in [1.807, 2.05) is 32.7 Å². The number of aldehydes is 1. The zero-order chi connectivity index (χ0) is 37.5. The second-order valence-corrected chi connectivity index (χ2v) is 11.3. The van der Waals surface area contributed by atoms with Gasteiger partial charge in [-0.3, -0.25) is 4.79 Å². The van der Waals surface area contributed by atoms with Crippen molar-refractivity contribution in [1.29, 1.82) is 0 Å². The minimum atomic E-state index is 0.175. The molecule has 1 aliphatic heterocycles. The number of carbonyl (C=O) groups excluding carboxylic acids is 2. The van der Waals surface area contributed by atoms with Crippen molar-refractivity contribution in [1.82, 2.24) is 15.5 Å². The lowest BCUT2D eigenvalue weighted by Crippen LogP contribution is -2.38. The SMILES string of the molecule is CC.CCNCC=O.CNCCOCCOCCOCCOCCOCCOCCOCCOCCC(=O)N1CCC(c2ccc(C)cc2)CC1. The monoisotopic (exact) mass is 730 g/mol. The van der Waals surface area contributed by atoms with E-state index in [2.05, 4.69) is 41.8 Å². The average molecular weight is 730 g/mol. The molecule has 1 fully saturated rings. The van der Waals surface area contributed by atoms with Crippen LogP contribution in [0.2, 0.25) is 0 Å². The molecule has 1 amide bonds. The van der Waals surface area contributed by atoms with Crippen LogP contribution in [-0.4, -0.2) is 163 Å². The van der Waals surface area contributed by atoms with Gasteiger partial charge in [-0.15, -0.1) is 0 Å². The van der Waals surface area contributed by atoms with Crippen LogP contribution >= 0.6 is 0 Å². The van der Waals surface area contributed by atoms with E-state index in [0.717, 1.165) is 45.3 Å². The molecule has 0 unspecified atom stereocenters. The van der Waals surface area contributed by atoms with Gasteiger partial charge in [-0.25, -0.2) is 0 Å². The van der Waals surface area contributed by atoms with Gasteiger partial charge in [0.1, 0.15) is 6.29 Å². The summed E-state index contributed by atoms with van der Waals surface area (Å²) in [5.74, 6) is 0.724. The van der Waals surface area contributed by atoms with E-state index >= 15 is 0 Å². The average Bonchev–Trinajstić information content (AvgIpc) is 3.16. The highest BCUT2D eigenvalue weighted by molar-refractivity contribution is 5.76. The van der Waals surface area contributed by atoms with E-state index in [-0.39, 0.29) is 5.91 Å². The number of nitrogens with zero attached hydrogens (tertiary/aromatic N) is 1. The zero-order valence-corrected chi connectivity index (χ0v) is 32.5. The van der Waals surface area contributed by atoms with Crippen molar-refractivity contribution >= 4 is 12.2 Å². The second kappa shape index (κ2) is 39.2. The highest BCUT2D eigenvalue weighted by Gasteiger charge is 2.23. The molecular formula is C38H71N3O10. The number of piperidine rings is 1. The fourth-order valence-corrected chi connectivity index (χ4v) is 4.64. The normalized spacial score (nSPS) is 12.9. The van der Waals surface area contributed by atoms with Crippen LogP contribution in [0.4, 0.5) is 0 Å². The van der Waals surface area contributed by atoms with Crippen molar-refractivity contribution in [2.24, 2.45) is 0 Å². The van der Waals surface area contributed by atoms with Crippen LogP contribution in [0.15, 0.2) is 24.3 Å². The highest BCUT2D eigenvalue weighted by atomic mass is 16.6. The Hall–Kier alpha value is -2.04.